The second-order valence-corrected chi connectivity index (χ2v) is 4.39. The number of nitrogens with zero attached hydrogens (tertiary/aromatic N) is 2. The SMILES string of the molecule is NC(=O)CCCCNc1nc2ccc([N+](=O)[O-])cc2[nH]1. The van der Waals surface area contributed by atoms with E-state index in [2.05, 4.69) is 15.3 Å². The van der Waals surface area contributed by atoms with Gasteiger partial charge in [0, 0.05) is 25.1 Å². The number of unbranched alkanes of at least 4 members (excludes halogenated alkanes) is 1. The number of aromatic amines is 1. The number of amides is 1. The minimum atomic E-state index is -0.447. The molecule has 4 N–H and O–H groups in total. The van der Waals surface area contributed by atoms with Gasteiger partial charge in [0.25, 0.3) is 5.69 Å². The zero-order valence-corrected chi connectivity index (χ0v) is 10.8. The number of non-ortho nitro benzene ring substituents is 1. The summed E-state index contributed by atoms with van der Waals surface area (Å²) in [7, 11) is 0. The van der Waals surface area contributed by atoms with E-state index in [0.29, 0.717) is 36.4 Å². The molecule has 0 saturated carbocycles. The Morgan fingerprint density at radius 3 is 2.95 bits per heavy atom. The molecule has 20 heavy (non-hydrogen) atoms. The number of nitro groups is 1. The van der Waals surface area contributed by atoms with Gasteiger partial charge in [-0.05, 0) is 18.9 Å². The van der Waals surface area contributed by atoms with Gasteiger partial charge in [-0.15, -0.1) is 0 Å². The van der Waals surface area contributed by atoms with Crippen LogP contribution >= 0.6 is 0 Å². The number of benzene rings is 1. The molecule has 0 fully saturated rings. The largest absolute Gasteiger partial charge is 0.370 e. The van der Waals surface area contributed by atoms with Crippen molar-refractivity contribution in [2.75, 3.05) is 11.9 Å². The first kappa shape index (κ1) is 13.8. The molecule has 0 bridgehead atoms. The number of fused-ring (bicyclic) bond motifs is 1. The molecular weight excluding hydrogens is 262 g/mol. The van der Waals surface area contributed by atoms with Crippen LogP contribution in [-0.4, -0.2) is 27.3 Å². The predicted octanol–water partition coefficient (Wildman–Crippen LogP) is 1.54. The summed E-state index contributed by atoms with van der Waals surface area (Å²) in [4.78, 5) is 28.0. The first-order valence-corrected chi connectivity index (χ1v) is 6.22. The third-order valence-electron chi connectivity index (χ3n) is 2.82. The molecule has 0 aliphatic rings. The second-order valence-electron chi connectivity index (χ2n) is 4.39. The fourth-order valence-corrected chi connectivity index (χ4v) is 1.83. The molecule has 0 aliphatic heterocycles. The first-order valence-electron chi connectivity index (χ1n) is 6.22. The molecule has 0 spiro atoms. The number of carbonyl (C=O) groups is 1. The number of nitro benzene ring substituents is 1. The van der Waals surface area contributed by atoms with Gasteiger partial charge >= 0.3 is 0 Å². The van der Waals surface area contributed by atoms with Crippen LogP contribution in [0.3, 0.4) is 0 Å². The Labute approximate surface area is 114 Å². The lowest BCUT2D eigenvalue weighted by Crippen LogP contribution is -2.11. The molecule has 0 aliphatic carbocycles. The molecule has 2 rings (SSSR count). The topological polar surface area (TPSA) is 127 Å². The molecule has 8 heteroatoms. The Hall–Kier alpha value is -2.64. The number of H-pyrrole nitrogens is 1. The maximum absolute atomic E-state index is 10.7. The van der Waals surface area contributed by atoms with E-state index in [-0.39, 0.29) is 11.6 Å². The van der Waals surface area contributed by atoms with E-state index in [9.17, 15) is 14.9 Å². The molecule has 0 atom stereocenters. The highest BCUT2D eigenvalue weighted by molar-refractivity contribution is 5.79. The van der Waals surface area contributed by atoms with Crippen molar-refractivity contribution in [2.45, 2.75) is 19.3 Å². The quantitative estimate of drug-likeness (QED) is 0.402. The number of nitrogens with two attached hydrogens (primary N) is 1. The van der Waals surface area contributed by atoms with Crippen LogP contribution < -0.4 is 11.1 Å². The van der Waals surface area contributed by atoms with Crippen LogP contribution in [0.25, 0.3) is 11.0 Å². The predicted molar refractivity (Wildman–Crippen MR) is 74.3 cm³/mol. The number of aromatic nitrogens is 2. The number of imidazole rings is 1. The van der Waals surface area contributed by atoms with E-state index < -0.39 is 4.92 Å². The molecular formula is C12H15N5O3. The van der Waals surface area contributed by atoms with Crippen molar-refractivity contribution < 1.29 is 9.72 Å². The highest BCUT2D eigenvalue weighted by Gasteiger charge is 2.09. The first-order chi connectivity index (χ1) is 9.56. The van der Waals surface area contributed by atoms with Crippen molar-refractivity contribution in [1.29, 1.82) is 0 Å². The van der Waals surface area contributed by atoms with Gasteiger partial charge in [0.1, 0.15) is 0 Å². The Kier molecular flexibility index (Phi) is 4.14. The summed E-state index contributed by atoms with van der Waals surface area (Å²) in [6.45, 7) is 0.648. The third-order valence-corrected chi connectivity index (χ3v) is 2.82. The smallest absolute Gasteiger partial charge is 0.271 e. The Balaban J connectivity index is 1.94. The molecule has 0 saturated heterocycles. The van der Waals surface area contributed by atoms with Gasteiger partial charge in [0.05, 0.1) is 16.0 Å². The molecule has 0 radical (unpaired) electrons. The minimum Gasteiger partial charge on any atom is -0.370 e. The molecule has 1 aromatic heterocycles. The summed E-state index contributed by atoms with van der Waals surface area (Å²) in [6.07, 6.45) is 1.88. The van der Waals surface area contributed by atoms with Crippen molar-refractivity contribution in [3.63, 3.8) is 0 Å². The lowest BCUT2D eigenvalue weighted by molar-refractivity contribution is -0.384. The highest BCUT2D eigenvalue weighted by atomic mass is 16.6. The van der Waals surface area contributed by atoms with Crippen molar-refractivity contribution in [3.05, 3.63) is 28.3 Å². The lowest BCUT2D eigenvalue weighted by Gasteiger charge is -2.01. The van der Waals surface area contributed by atoms with Crippen LogP contribution in [0, 0.1) is 10.1 Å². The fourth-order valence-electron chi connectivity index (χ4n) is 1.83. The van der Waals surface area contributed by atoms with Gasteiger partial charge in [-0.1, -0.05) is 0 Å². The Morgan fingerprint density at radius 2 is 2.25 bits per heavy atom. The highest BCUT2D eigenvalue weighted by Crippen LogP contribution is 2.20. The third kappa shape index (κ3) is 3.44. The van der Waals surface area contributed by atoms with Crippen LogP contribution in [-0.2, 0) is 4.79 Å². The average molecular weight is 277 g/mol. The van der Waals surface area contributed by atoms with Gasteiger partial charge in [-0.2, -0.15) is 0 Å². The molecule has 1 amide bonds. The monoisotopic (exact) mass is 277 g/mol. The van der Waals surface area contributed by atoms with E-state index in [4.69, 9.17) is 5.73 Å². The number of anilines is 1. The number of hydrogen-bond donors (Lipinski definition) is 3. The van der Waals surface area contributed by atoms with Crippen molar-refractivity contribution >= 4 is 28.6 Å². The molecule has 2 aromatic rings. The van der Waals surface area contributed by atoms with Crippen molar-refractivity contribution in [3.8, 4) is 0 Å². The zero-order chi connectivity index (χ0) is 14.5. The zero-order valence-electron chi connectivity index (χ0n) is 10.8. The van der Waals surface area contributed by atoms with Crippen LogP contribution in [0.1, 0.15) is 19.3 Å². The summed E-state index contributed by atoms with van der Waals surface area (Å²) < 4.78 is 0. The van der Waals surface area contributed by atoms with Crippen LogP contribution in [0.2, 0.25) is 0 Å². The molecule has 1 heterocycles. The normalized spacial score (nSPS) is 10.6. The maximum atomic E-state index is 10.7. The lowest BCUT2D eigenvalue weighted by atomic mass is 10.2. The molecule has 1 aromatic carbocycles. The summed E-state index contributed by atoms with van der Waals surface area (Å²) in [5.74, 6) is 0.251. The summed E-state index contributed by atoms with van der Waals surface area (Å²) in [6, 6.07) is 4.46. The molecule has 0 unspecified atom stereocenters. The number of rotatable bonds is 7. The fraction of sp³-hybridized carbons (Fsp3) is 0.333. The van der Waals surface area contributed by atoms with Gasteiger partial charge in [0.2, 0.25) is 11.9 Å². The molecule has 8 nitrogen and oxygen atoms in total. The summed E-state index contributed by atoms with van der Waals surface area (Å²) in [5, 5.41) is 13.7. The van der Waals surface area contributed by atoms with Gasteiger partial charge in [-0.25, -0.2) is 4.98 Å². The standard InChI is InChI=1S/C12H15N5O3/c13-11(18)3-1-2-6-14-12-15-9-5-4-8(17(19)20)7-10(9)16-12/h4-5,7H,1-3,6H2,(H2,13,18)(H2,14,15,16). The Morgan fingerprint density at radius 1 is 1.45 bits per heavy atom. The van der Waals surface area contributed by atoms with Gasteiger partial charge in [0.15, 0.2) is 0 Å². The van der Waals surface area contributed by atoms with Gasteiger partial charge in [-0.3, -0.25) is 14.9 Å². The van der Waals surface area contributed by atoms with Crippen LogP contribution in [0.4, 0.5) is 11.6 Å². The second kappa shape index (κ2) is 6.00. The Bertz CT molecular complexity index is 637. The van der Waals surface area contributed by atoms with Gasteiger partial charge < -0.3 is 16.0 Å². The summed E-state index contributed by atoms with van der Waals surface area (Å²) in [5.41, 5.74) is 6.34. The number of carbonyl (C=O) groups excluding carboxylic acids is 1. The van der Waals surface area contributed by atoms with E-state index in [1.807, 2.05) is 0 Å². The van der Waals surface area contributed by atoms with Crippen LogP contribution in [0.5, 0.6) is 0 Å². The van der Waals surface area contributed by atoms with Crippen molar-refractivity contribution in [1.82, 2.24) is 9.97 Å². The van der Waals surface area contributed by atoms with E-state index in [1.54, 1.807) is 6.07 Å². The van der Waals surface area contributed by atoms with Crippen LogP contribution in [0.15, 0.2) is 18.2 Å². The average Bonchev–Trinajstić information content (AvgIpc) is 2.79. The number of hydrogen-bond acceptors (Lipinski definition) is 5. The number of nitrogens with one attached hydrogen (secondary N) is 2. The van der Waals surface area contributed by atoms with E-state index in [1.165, 1.54) is 12.1 Å². The summed E-state index contributed by atoms with van der Waals surface area (Å²) >= 11 is 0. The maximum Gasteiger partial charge on any atom is 0.271 e. The molecule has 106 valence electrons. The van der Waals surface area contributed by atoms with E-state index >= 15 is 0 Å². The van der Waals surface area contributed by atoms with E-state index in [0.717, 1.165) is 6.42 Å². The van der Waals surface area contributed by atoms with Crippen molar-refractivity contribution in [2.24, 2.45) is 5.73 Å². The minimum absolute atomic E-state index is 0.0224. The number of primary amides is 1.